The Morgan fingerprint density at radius 2 is 1.95 bits per heavy atom. The summed E-state index contributed by atoms with van der Waals surface area (Å²) in [6, 6.07) is 13.1. The van der Waals surface area contributed by atoms with Gasteiger partial charge in [0.2, 0.25) is 0 Å². The van der Waals surface area contributed by atoms with Gasteiger partial charge in [0.25, 0.3) is 0 Å². The van der Waals surface area contributed by atoms with Gasteiger partial charge in [0.05, 0.1) is 30.3 Å². The van der Waals surface area contributed by atoms with Gasteiger partial charge < -0.3 is 9.47 Å². The molecule has 0 N–H and O–H groups in total. The molecule has 0 fully saturated rings. The van der Waals surface area contributed by atoms with E-state index >= 15 is 0 Å². The van der Waals surface area contributed by atoms with Crippen LogP contribution in [0.2, 0.25) is 5.02 Å². The highest BCUT2D eigenvalue weighted by Crippen LogP contribution is 2.37. The molecule has 0 aromatic heterocycles. The van der Waals surface area contributed by atoms with E-state index in [1.165, 1.54) is 0 Å². The topological polar surface area (TPSA) is 42.2 Å². The highest BCUT2D eigenvalue weighted by atomic mass is 79.9. The Bertz CT molecular complexity index is 766. The van der Waals surface area contributed by atoms with E-state index in [2.05, 4.69) is 22.0 Å². The van der Waals surface area contributed by atoms with Crippen molar-refractivity contribution in [3.63, 3.8) is 0 Å². The molecule has 0 saturated carbocycles. The maximum Gasteiger partial charge on any atom is 0.174 e. The number of methoxy groups -OCH3 is 2. The van der Waals surface area contributed by atoms with Gasteiger partial charge in [-0.1, -0.05) is 29.8 Å². The second-order valence-corrected chi connectivity index (χ2v) is 5.65. The highest BCUT2D eigenvalue weighted by Gasteiger charge is 2.11. The zero-order valence-corrected chi connectivity index (χ0v) is 14.4. The third-order valence-electron chi connectivity index (χ3n) is 3.05. The quantitative estimate of drug-likeness (QED) is 0.543. The normalized spacial score (nSPS) is 11.0. The van der Waals surface area contributed by atoms with E-state index in [0.29, 0.717) is 27.7 Å². The van der Waals surface area contributed by atoms with E-state index in [1.807, 2.05) is 24.3 Å². The van der Waals surface area contributed by atoms with Gasteiger partial charge in [0.15, 0.2) is 11.5 Å². The third-order valence-corrected chi connectivity index (χ3v) is 3.97. The van der Waals surface area contributed by atoms with Crippen molar-refractivity contribution < 1.29 is 9.47 Å². The lowest BCUT2D eigenvalue weighted by molar-refractivity contribution is 0.353. The lowest BCUT2D eigenvalue weighted by Crippen LogP contribution is -1.92. The first kappa shape index (κ1) is 16.4. The van der Waals surface area contributed by atoms with Crippen LogP contribution in [0.5, 0.6) is 11.5 Å². The molecule has 2 rings (SSSR count). The molecule has 0 atom stereocenters. The second-order valence-electron chi connectivity index (χ2n) is 4.39. The summed E-state index contributed by atoms with van der Waals surface area (Å²) in [7, 11) is 3.14. The van der Waals surface area contributed by atoms with Crippen LogP contribution in [0.1, 0.15) is 11.1 Å². The molecule has 112 valence electrons. The van der Waals surface area contributed by atoms with Gasteiger partial charge in [-0.25, -0.2) is 0 Å². The standard InChI is InChI=1S/C17H13BrClNO2/c1-21-16-9-11(8-14(18)17(16)22-2)7-12(10-20)13-5-3-4-6-15(13)19/h3-9H,1-2H3. The molecule has 0 aliphatic rings. The Labute approximate surface area is 142 Å². The predicted molar refractivity (Wildman–Crippen MR) is 92.2 cm³/mol. The summed E-state index contributed by atoms with van der Waals surface area (Å²) in [6.07, 6.45) is 1.76. The first-order valence-electron chi connectivity index (χ1n) is 6.39. The largest absolute Gasteiger partial charge is 0.493 e. The average Bonchev–Trinajstić information content (AvgIpc) is 2.52. The summed E-state index contributed by atoms with van der Waals surface area (Å²) >= 11 is 9.59. The summed E-state index contributed by atoms with van der Waals surface area (Å²) in [5.74, 6) is 1.19. The summed E-state index contributed by atoms with van der Waals surface area (Å²) in [6.45, 7) is 0. The number of hydrogen-bond donors (Lipinski definition) is 0. The van der Waals surface area contributed by atoms with Crippen LogP contribution in [-0.2, 0) is 0 Å². The van der Waals surface area contributed by atoms with Crippen LogP contribution in [0.15, 0.2) is 40.9 Å². The lowest BCUT2D eigenvalue weighted by atomic mass is 10.0. The van der Waals surface area contributed by atoms with Crippen molar-refractivity contribution >= 4 is 39.2 Å². The molecule has 0 aliphatic carbocycles. The average molecular weight is 379 g/mol. The Kier molecular flexibility index (Phi) is 5.48. The summed E-state index contributed by atoms with van der Waals surface area (Å²) in [5.41, 5.74) is 1.98. The number of halogens is 2. The number of hydrogen-bond acceptors (Lipinski definition) is 3. The van der Waals surface area contributed by atoms with Crippen LogP contribution < -0.4 is 9.47 Å². The van der Waals surface area contributed by atoms with Gasteiger partial charge in [-0.3, -0.25) is 0 Å². The molecule has 3 nitrogen and oxygen atoms in total. The summed E-state index contributed by atoms with van der Waals surface area (Å²) in [5, 5.41) is 9.95. The molecular weight excluding hydrogens is 366 g/mol. The maximum atomic E-state index is 9.42. The number of rotatable bonds is 4. The summed E-state index contributed by atoms with van der Waals surface area (Å²) in [4.78, 5) is 0. The molecule has 0 heterocycles. The monoisotopic (exact) mass is 377 g/mol. The van der Waals surface area contributed by atoms with Crippen molar-refractivity contribution in [3.8, 4) is 17.6 Å². The zero-order chi connectivity index (χ0) is 16.1. The molecule has 0 spiro atoms. The first-order valence-corrected chi connectivity index (χ1v) is 7.56. The lowest BCUT2D eigenvalue weighted by Gasteiger charge is -2.11. The minimum absolute atomic E-state index is 0.477. The van der Waals surface area contributed by atoms with E-state index in [1.54, 1.807) is 32.4 Å². The first-order chi connectivity index (χ1) is 10.6. The molecule has 2 aromatic rings. The van der Waals surface area contributed by atoms with Crippen LogP contribution in [-0.4, -0.2) is 14.2 Å². The molecule has 0 aliphatic heterocycles. The molecule has 0 bridgehead atoms. The van der Waals surface area contributed by atoms with Gasteiger partial charge in [0.1, 0.15) is 0 Å². The number of ether oxygens (including phenoxy) is 2. The van der Waals surface area contributed by atoms with Crippen molar-refractivity contribution in [1.82, 2.24) is 0 Å². The number of nitrogens with zero attached hydrogens (tertiary/aromatic N) is 1. The SMILES string of the molecule is COc1cc(C=C(C#N)c2ccccc2Cl)cc(Br)c1OC. The number of allylic oxidation sites excluding steroid dienone is 1. The van der Waals surface area contributed by atoms with Crippen molar-refractivity contribution in [2.24, 2.45) is 0 Å². The minimum Gasteiger partial charge on any atom is -0.493 e. The van der Waals surface area contributed by atoms with Gasteiger partial charge in [-0.2, -0.15) is 5.26 Å². The van der Waals surface area contributed by atoms with E-state index in [9.17, 15) is 5.26 Å². The molecule has 2 aromatic carbocycles. The van der Waals surface area contributed by atoms with Gasteiger partial charge in [-0.05, 0) is 45.8 Å². The predicted octanol–water partition coefficient (Wildman–Crippen LogP) is 5.18. The third kappa shape index (κ3) is 3.44. The smallest absolute Gasteiger partial charge is 0.174 e. The minimum atomic E-state index is 0.477. The fraction of sp³-hybridized carbons (Fsp3) is 0.118. The number of nitriles is 1. The highest BCUT2D eigenvalue weighted by molar-refractivity contribution is 9.10. The van der Waals surface area contributed by atoms with Crippen LogP contribution in [0.4, 0.5) is 0 Å². The maximum absolute atomic E-state index is 9.42. The molecule has 0 amide bonds. The molecule has 0 saturated heterocycles. The van der Waals surface area contributed by atoms with Crippen LogP contribution in [0.3, 0.4) is 0 Å². The molecule has 5 heteroatoms. The second kappa shape index (κ2) is 7.35. The Morgan fingerprint density at radius 1 is 1.23 bits per heavy atom. The van der Waals surface area contributed by atoms with Crippen LogP contribution in [0, 0.1) is 11.3 Å². The van der Waals surface area contributed by atoms with Crippen molar-refractivity contribution in [3.05, 3.63) is 57.0 Å². The number of benzene rings is 2. The van der Waals surface area contributed by atoms with E-state index in [0.717, 1.165) is 10.0 Å². The van der Waals surface area contributed by atoms with Gasteiger partial charge >= 0.3 is 0 Å². The Hall–Kier alpha value is -1.96. The molecule has 0 radical (unpaired) electrons. The fourth-order valence-corrected chi connectivity index (χ4v) is 2.90. The van der Waals surface area contributed by atoms with Crippen molar-refractivity contribution in [2.45, 2.75) is 0 Å². The fourth-order valence-electron chi connectivity index (χ4n) is 2.04. The van der Waals surface area contributed by atoms with E-state index < -0.39 is 0 Å². The molecular formula is C17H13BrClNO2. The van der Waals surface area contributed by atoms with Crippen molar-refractivity contribution in [1.29, 1.82) is 5.26 Å². The van der Waals surface area contributed by atoms with Gasteiger partial charge in [0, 0.05) is 10.6 Å². The van der Waals surface area contributed by atoms with E-state index in [-0.39, 0.29) is 0 Å². The van der Waals surface area contributed by atoms with Crippen molar-refractivity contribution in [2.75, 3.05) is 14.2 Å². The van der Waals surface area contributed by atoms with Crippen LogP contribution in [0.25, 0.3) is 11.6 Å². The molecule has 0 unspecified atom stereocenters. The van der Waals surface area contributed by atoms with Gasteiger partial charge in [-0.15, -0.1) is 0 Å². The van der Waals surface area contributed by atoms with Crippen LogP contribution >= 0.6 is 27.5 Å². The Balaban J connectivity index is 2.54. The summed E-state index contributed by atoms with van der Waals surface area (Å²) < 4.78 is 11.3. The molecule has 22 heavy (non-hydrogen) atoms. The Morgan fingerprint density at radius 3 is 2.55 bits per heavy atom. The zero-order valence-electron chi connectivity index (χ0n) is 12.1. The van der Waals surface area contributed by atoms with E-state index in [4.69, 9.17) is 21.1 Å².